The highest BCUT2D eigenvalue weighted by Gasteiger charge is 2.18. The van der Waals surface area contributed by atoms with Crippen molar-refractivity contribution in [1.82, 2.24) is 14.8 Å². The number of hydrogen-bond donors (Lipinski definition) is 1. The molecule has 1 N–H and O–H groups in total. The Labute approximate surface area is 119 Å². The third-order valence-electron chi connectivity index (χ3n) is 3.26. The molecule has 0 amide bonds. The third-order valence-corrected chi connectivity index (χ3v) is 3.26. The van der Waals surface area contributed by atoms with E-state index in [0.29, 0.717) is 5.75 Å². The summed E-state index contributed by atoms with van der Waals surface area (Å²) in [7, 11) is 1.60. The number of nitrogens with zero attached hydrogens (tertiary/aromatic N) is 3. The van der Waals surface area contributed by atoms with Crippen LogP contribution in [0.25, 0.3) is 5.69 Å². The topological polar surface area (TPSA) is 60.2 Å². The summed E-state index contributed by atoms with van der Waals surface area (Å²) in [4.78, 5) is 4.51. The van der Waals surface area contributed by atoms with Gasteiger partial charge in [-0.3, -0.25) is 0 Å². The van der Waals surface area contributed by atoms with Crippen LogP contribution in [0, 0.1) is 0 Å². The van der Waals surface area contributed by atoms with Gasteiger partial charge in [-0.1, -0.05) is 19.9 Å². The largest absolute Gasteiger partial charge is 0.496 e. The van der Waals surface area contributed by atoms with Gasteiger partial charge < -0.3 is 9.84 Å². The number of rotatable bonds is 5. The van der Waals surface area contributed by atoms with Gasteiger partial charge in [-0.2, -0.15) is 5.10 Å². The summed E-state index contributed by atoms with van der Waals surface area (Å²) in [6.45, 7) is 5.80. The maximum absolute atomic E-state index is 10.1. The number of ether oxygens (including phenoxy) is 1. The van der Waals surface area contributed by atoms with Crippen LogP contribution in [0.2, 0.25) is 0 Å². The molecule has 0 aliphatic carbocycles. The van der Waals surface area contributed by atoms with Crippen molar-refractivity contribution in [2.24, 2.45) is 0 Å². The molecule has 5 nitrogen and oxygen atoms in total. The minimum Gasteiger partial charge on any atom is -0.496 e. The molecule has 0 aliphatic rings. The van der Waals surface area contributed by atoms with E-state index in [9.17, 15) is 5.11 Å². The first-order chi connectivity index (χ1) is 9.62. The van der Waals surface area contributed by atoms with Crippen LogP contribution in [0.3, 0.4) is 0 Å². The molecule has 5 heteroatoms. The fourth-order valence-electron chi connectivity index (χ4n) is 2.28. The number of aromatic nitrogens is 3. The molecule has 0 saturated heterocycles. The molecule has 0 unspecified atom stereocenters. The zero-order valence-electron chi connectivity index (χ0n) is 12.4. The molecule has 1 heterocycles. The van der Waals surface area contributed by atoms with E-state index in [2.05, 4.69) is 10.1 Å². The molecule has 0 radical (unpaired) electrons. The van der Waals surface area contributed by atoms with Gasteiger partial charge in [0.15, 0.2) is 5.82 Å². The quantitative estimate of drug-likeness (QED) is 0.910. The van der Waals surface area contributed by atoms with E-state index in [1.165, 1.54) is 0 Å². The Morgan fingerprint density at radius 1 is 1.30 bits per heavy atom. The Bertz CT molecular complexity index is 591. The van der Waals surface area contributed by atoms with E-state index in [4.69, 9.17) is 4.74 Å². The van der Waals surface area contributed by atoms with E-state index >= 15 is 0 Å². The van der Waals surface area contributed by atoms with Crippen molar-refractivity contribution in [1.29, 1.82) is 0 Å². The summed E-state index contributed by atoms with van der Waals surface area (Å²) in [5.74, 6) is 2.35. The highest BCUT2D eigenvalue weighted by Crippen LogP contribution is 2.31. The molecule has 2 aromatic rings. The molecule has 1 aromatic heterocycles. The summed E-state index contributed by atoms with van der Waals surface area (Å²) < 4.78 is 7.16. The highest BCUT2D eigenvalue weighted by molar-refractivity contribution is 5.51. The Morgan fingerprint density at radius 3 is 2.60 bits per heavy atom. The van der Waals surface area contributed by atoms with Crippen molar-refractivity contribution < 1.29 is 9.84 Å². The zero-order chi connectivity index (χ0) is 14.7. The average molecular weight is 275 g/mol. The van der Waals surface area contributed by atoms with Gasteiger partial charge >= 0.3 is 0 Å². The SMILES string of the molecule is CCc1nc(CC)n(-c2cccc(OC)c2[C@H](C)O)n1. The molecular weight excluding hydrogens is 254 g/mol. The Hall–Kier alpha value is -1.88. The first kappa shape index (κ1) is 14.5. The minimum absolute atomic E-state index is 0.639. The number of methoxy groups -OCH3 is 1. The van der Waals surface area contributed by atoms with E-state index in [1.54, 1.807) is 14.0 Å². The zero-order valence-corrected chi connectivity index (χ0v) is 12.4. The maximum Gasteiger partial charge on any atom is 0.151 e. The lowest BCUT2D eigenvalue weighted by atomic mass is 10.1. The normalized spacial score (nSPS) is 12.4. The van der Waals surface area contributed by atoms with Crippen LogP contribution in [-0.4, -0.2) is 27.0 Å². The fourth-order valence-corrected chi connectivity index (χ4v) is 2.28. The highest BCUT2D eigenvalue weighted by atomic mass is 16.5. The van der Waals surface area contributed by atoms with Crippen LogP contribution in [-0.2, 0) is 12.8 Å². The molecule has 1 aromatic carbocycles. The lowest BCUT2D eigenvalue weighted by Crippen LogP contribution is -2.09. The summed E-state index contributed by atoms with van der Waals surface area (Å²) in [6, 6.07) is 5.67. The Balaban J connectivity index is 2.65. The van der Waals surface area contributed by atoms with Crippen molar-refractivity contribution in [2.75, 3.05) is 7.11 Å². The summed E-state index contributed by atoms with van der Waals surface area (Å²) in [5, 5.41) is 14.6. The van der Waals surface area contributed by atoms with E-state index < -0.39 is 6.10 Å². The number of aliphatic hydroxyl groups excluding tert-OH is 1. The van der Waals surface area contributed by atoms with Crippen molar-refractivity contribution >= 4 is 0 Å². The van der Waals surface area contributed by atoms with Gasteiger partial charge in [0, 0.05) is 18.4 Å². The number of benzene rings is 1. The second-order valence-electron chi connectivity index (χ2n) is 4.63. The van der Waals surface area contributed by atoms with E-state index in [0.717, 1.165) is 35.7 Å². The summed E-state index contributed by atoms with van der Waals surface area (Å²) in [6.07, 6.45) is 0.928. The Morgan fingerprint density at radius 2 is 2.05 bits per heavy atom. The molecule has 0 aliphatic heterocycles. The molecule has 0 spiro atoms. The van der Waals surface area contributed by atoms with Crippen molar-refractivity contribution in [3.63, 3.8) is 0 Å². The number of hydrogen-bond acceptors (Lipinski definition) is 4. The summed E-state index contributed by atoms with van der Waals surface area (Å²) >= 11 is 0. The lowest BCUT2D eigenvalue weighted by molar-refractivity contribution is 0.194. The van der Waals surface area contributed by atoms with Crippen molar-refractivity contribution in [2.45, 2.75) is 39.7 Å². The molecule has 2 rings (SSSR count). The van der Waals surface area contributed by atoms with Gasteiger partial charge in [0.2, 0.25) is 0 Å². The van der Waals surface area contributed by atoms with Gasteiger partial charge in [-0.15, -0.1) is 0 Å². The van der Waals surface area contributed by atoms with Crippen LogP contribution in [0.15, 0.2) is 18.2 Å². The molecule has 0 saturated carbocycles. The van der Waals surface area contributed by atoms with Crippen LogP contribution in [0.5, 0.6) is 5.75 Å². The van der Waals surface area contributed by atoms with Gasteiger partial charge in [-0.25, -0.2) is 9.67 Å². The van der Waals surface area contributed by atoms with Crippen molar-refractivity contribution in [3.8, 4) is 11.4 Å². The van der Waals surface area contributed by atoms with Crippen LogP contribution in [0.4, 0.5) is 0 Å². The second kappa shape index (κ2) is 6.05. The van der Waals surface area contributed by atoms with E-state index in [1.807, 2.05) is 36.7 Å². The molecule has 1 atom stereocenters. The summed E-state index contributed by atoms with van der Waals surface area (Å²) in [5.41, 5.74) is 1.56. The first-order valence-electron chi connectivity index (χ1n) is 6.92. The fraction of sp³-hybridized carbons (Fsp3) is 0.467. The Kier molecular flexibility index (Phi) is 4.39. The molecule has 0 bridgehead atoms. The van der Waals surface area contributed by atoms with Gasteiger partial charge in [0.05, 0.1) is 18.9 Å². The first-order valence-corrected chi connectivity index (χ1v) is 6.92. The van der Waals surface area contributed by atoms with Gasteiger partial charge in [0.1, 0.15) is 11.6 Å². The molecule has 108 valence electrons. The average Bonchev–Trinajstić information content (AvgIpc) is 2.89. The monoisotopic (exact) mass is 275 g/mol. The number of aryl methyl sites for hydroxylation is 2. The smallest absolute Gasteiger partial charge is 0.151 e. The standard InChI is InChI=1S/C15H21N3O2/c1-5-13-16-14(6-2)18(17-13)11-8-7-9-12(20-4)15(11)10(3)19/h7-10,19H,5-6H2,1-4H3/t10-/m0/s1. The lowest BCUT2D eigenvalue weighted by Gasteiger charge is -2.16. The van der Waals surface area contributed by atoms with Crippen LogP contribution in [0.1, 0.15) is 44.1 Å². The third kappa shape index (κ3) is 2.54. The van der Waals surface area contributed by atoms with E-state index in [-0.39, 0.29) is 0 Å². The minimum atomic E-state index is -0.639. The van der Waals surface area contributed by atoms with Crippen LogP contribution >= 0.6 is 0 Å². The second-order valence-corrected chi connectivity index (χ2v) is 4.63. The van der Waals surface area contributed by atoms with Gasteiger partial charge in [0.25, 0.3) is 0 Å². The van der Waals surface area contributed by atoms with Crippen LogP contribution < -0.4 is 4.74 Å². The van der Waals surface area contributed by atoms with Crippen molar-refractivity contribution in [3.05, 3.63) is 35.4 Å². The predicted molar refractivity (Wildman–Crippen MR) is 77.3 cm³/mol. The molecule has 20 heavy (non-hydrogen) atoms. The molecule has 0 fully saturated rings. The maximum atomic E-state index is 10.1. The number of aliphatic hydroxyl groups is 1. The molecular formula is C15H21N3O2. The van der Waals surface area contributed by atoms with Gasteiger partial charge in [-0.05, 0) is 19.1 Å². The predicted octanol–water partition coefficient (Wildman–Crippen LogP) is 2.45.